The van der Waals surface area contributed by atoms with Gasteiger partial charge in [0.1, 0.15) is 0 Å². The van der Waals surface area contributed by atoms with Crippen molar-refractivity contribution in [2.24, 2.45) is 0 Å². The number of hydrogen-bond acceptors (Lipinski definition) is 5. The van der Waals surface area contributed by atoms with Crippen molar-refractivity contribution in [3.63, 3.8) is 0 Å². The van der Waals surface area contributed by atoms with Crippen LogP contribution in [-0.4, -0.2) is 62.2 Å². The highest BCUT2D eigenvalue weighted by Gasteiger charge is 2.30. The summed E-state index contributed by atoms with van der Waals surface area (Å²) in [4.78, 5) is 26.1. The number of piperazine rings is 1. The smallest absolute Gasteiger partial charge is 0.286 e. The molecule has 1 N–H and O–H groups in total. The maximum atomic E-state index is 12.9. The van der Waals surface area contributed by atoms with E-state index in [2.05, 4.69) is 12.2 Å². The van der Waals surface area contributed by atoms with Crippen LogP contribution in [0.15, 0.2) is 52.0 Å². The first kappa shape index (κ1) is 22.0. The fourth-order valence-corrected chi connectivity index (χ4v) is 4.80. The molecule has 2 heterocycles. The molecule has 0 bridgehead atoms. The molecule has 1 fully saturated rings. The fourth-order valence-electron chi connectivity index (χ4n) is 3.38. The van der Waals surface area contributed by atoms with Crippen LogP contribution in [0, 0.1) is 0 Å². The number of amides is 2. The summed E-state index contributed by atoms with van der Waals surface area (Å²) >= 11 is 0. The number of aryl methyl sites for hydroxylation is 1. The third-order valence-corrected chi connectivity index (χ3v) is 6.97. The van der Waals surface area contributed by atoms with Gasteiger partial charge < -0.3 is 14.6 Å². The van der Waals surface area contributed by atoms with E-state index in [-0.39, 0.29) is 48.5 Å². The van der Waals surface area contributed by atoms with Gasteiger partial charge in [0.15, 0.2) is 5.76 Å². The molecule has 0 radical (unpaired) electrons. The first-order valence-corrected chi connectivity index (χ1v) is 11.5. The SMILES string of the molecule is CCCc1ccc(S(=O)(=O)N2CCN(C(=O)CCNC(=O)c3ccco3)CC2)cc1. The lowest BCUT2D eigenvalue weighted by molar-refractivity contribution is -0.132. The molecule has 0 aliphatic carbocycles. The third-order valence-electron chi connectivity index (χ3n) is 5.06. The average molecular weight is 434 g/mol. The molecule has 0 unspecified atom stereocenters. The van der Waals surface area contributed by atoms with Crippen molar-refractivity contribution in [2.45, 2.75) is 31.1 Å². The molecule has 0 atom stereocenters. The highest BCUT2D eigenvalue weighted by Crippen LogP contribution is 2.19. The molecule has 30 heavy (non-hydrogen) atoms. The molecule has 2 aromatic rings. The van der Waals surface area contributed by atoms with E-state index in [9.17, 15) is 18.0 Å². The summed E-state index contributed by atoms with van der Waals surface area (Å²) in [5.74, 6) is -0.284. The Kier molecular flexibility index (Phi) is 7.28. The third kappa shape index (κ3) is 5.28. The Morgan fingerprint density at radius 3 is 2.37 bits per heavy atom. The Labute approximate surface area is 176 Å². The molecule has 3 rings (SSSR count). The number of nitrogens with one attached hydrogen (secondary N) is 1. The van der Waals surface area contributed by atoms with Crippen LogP contribution in [0.3, 0.4) is 0 Å². The van der Waals surface area contributed by atoms with E-state index in [1.807, 2.05) is 12.1 Å². The van der Waals surface area contributed by atoms with Gasteiger partial charge in [-0.1, -0.05) is 25.5 Å². The summed E-state index contributed by atoms with van der Waals surface area (Å²) in [7, 11) is -3.57. The van der Waals surface area contributed by atoms with Gasteiger partial charge in [-0.3, -0.25) is 9.59 Å². The maximum absolute atomic E-state index is 12.9. The molecule has 1 saturated heterocycles. The van der Waals surface area contributed by atoms with Crippen molar-refractivity contribution in [2.75, 3.05) is 32.7 Å². The largest absolute Gasteiger partial charge is 0.459 e. The predicted molar refractivity (Wildman–Crippen MR) is 111 cm³/mol. The zero-order valence-corrected chi connectivity index (χ0v) is 17.9. The van der Waals surface area contributed by atoms with Crippen molar-refractivity contribution >= 4 is 21.8 Å². The number of rotatable bonds is 8. The minimum atomic E-state index is -3.57. The van der Waals surface area contributed by atoms with Crippen LogP contribution >= 0.6 is 0 Å². The Morgan fingerprint density at radius 2 is 1.77 bits per heavy atom. The molecule has 1 aliphatic heterocycles. The molecule has 0 saturated carbocycles. The fraction of sp³-hybridized carbons (Fsp3) is 0.429. The van der Waals surface area contributed by atoms with Crippen LogP contribution in [0.4, 0.5) is 0 Å². The number of carbonyl (C=O) groups excluding carboxylic acids is 2. The van der Waals surface area contributed by atoms with E-state index in [0.717, 1.165) is 18.4 Å². The summed E-state index contributed by atoms with van der Waals surface area (Å²) < 4.78 is 32.1. The minimum Gasteiger partial charge on any atom is -0.459 e. The number of benzene rings is 1. The lowest BCUT2D eigenvalue weighted by atomic mass is 10.1. The van der Waals surface area contributed by atoms with Gasteiger partial charge in [0.25, 0.3) is 5.91 Å². The van der Waals surface area contributed by atoms with E-state index >= 15 is 0 Å². The van der Waals surface area contributed by atoms with Gasteiger partial charge in [-0.05, 0) is 36.2 Å². The van der Waals surface area contributed by atoms with Crippen molar-refractivity contribution in [1.29, 1.82) is 0 Å². The monoisotopic (exact) mass is 433 g/mol. The van der Waals surface area contributed by atoms with E-state index in [0.29, 0.717) is 13.1 Å². The van der Waals surface area contributed by atoms with Gasteiger partial charge in [0.2, 0.25) is 15.9 Å². The minimum absolute atomic E-state index is 0.115. The zero-order valence-electron chi connectivity index (χ0n) is 17.0. The number of sulfonamides is 1. The molecule has 1 aromatic carbocycles. The second-order valence-corrected chi connectivity index (χ2v) is 9.10. The first-order chi connectivity index (χ1) is 14.4. The van der Waals surface area contributed by atoms with Crippen molar-refractivity contribution in [1.82, 2.24) is 14.5 Å². The van der Waals surface area contributed by atoms with Gasteiger partial charge in [-0.15, -0.1) is 0 Å². The van der Waals surface area contributed by atoms with Crippen LogP contribution in [0.2, 0.25) is 0 Å². The summed E-state index contributed by atoms with van der Waals surface area (Å²) in [5, 5.41) is 2.64. The number of carbonyl (C=O) groups is 2. The summed E-state index contributed by atoms with van der Waals surface area (Å²) in [6.45, 7) is 3.45. The number of hydrogen-bond donors (Lipinski definition) is 1. The van der Waals surface area contributed by atoms with Gasteiger partial charge in [-0.2, -0.15) is 4.31 Å². The number of nitrogens with zero attached hydrogens (tertiary/aromatic N) is 2. The second-order valence-electron chi connectivity index (χ2n) is 7.16. The lowest BCUT2D eigenvalue weighted by Crippen LogP contribution is -2.50. The Morgan fingerprint density at radius 1 is 1.07 bits per heavy atom. The van der Waals surface area contributed by atoms with E-state index < -0.39 is 10.0 Å². The van der Waals surface area contributed by atoms with Crippen LogP contribution < -0.4 is 5.32 Å². The molecule has 2 amide bonds. The van der Waals surface area contributed by atoms with Crippen molar-refractivity contribution < 1.29 is 22.4 Å². The Bertz CT molecular complexity index is 947. The second kappa shape index (κ2) is 9.90. The van der Waals surface area contributed by atoms with Crippen LogP contribution in [0.5, 0.6) is 0 Å². The molecule has 1 aliphatic rings. The Balaban J connectivity index is 1.47. The van der Waals surface area contributed by atoms with Gasteiger partial charge in [0, 0.05) is 39.1 Å². The molecule has 0 spiro atoms. The molecule has 8 nitrogen and oxygen atoms in total. The van der Waals surface area contributed by atoms with Gasteiger partial charge in [0.05, 0.1) is 11.2 Å². The van der Waals surface area contributed by atoms with E-state index in [1.54, 1.807) is 29.2 Å². The lowest BCUT2D eigenvalue weighted by Gasteiger charge is -2.34. The molecule has 9 heteroatoms. The van der Waals surface area contributed by atoms with Crippen molar-refractivity contribution in [3.8, 4) is 0 Å². The average Bonchev–Trinajstić information content (AvgIpc) is 3.29. The zero-order chi connectivity index (χ0) is 21.6. The van der Waals surface area contributed by atoms with Gasteiger partial charge in [-0.25, -0.2) is 8.42 Å². The highest BCUT2D eigenvalue weighted by molar-refractivity contribution is 7.89. The molecular formula is C21H27N3O5S. The topological polar surface area (TPSA) is 99.9 Å². The normalized spacial score (nSPS) is 15.2. The summed E-state index contributed by atoms with van der Waals surface area (Å²) in [6, 6.07) is 10.2. The van der Waals surface area contributed by atoms with Crippen molar-refractivity contribution in [3.05, 3.63) is 54.0 Å². The maximum Gasteiger partial charge on any atom is 0.286 e. The molecular weight excluding hydrogens is 406 g/mol. The van der Waals surface area contributed by atoms with Crippen LogP contribution in [0.1, 0.15) is 35.9 Å². The van der Waals surface area contributed by atoms with E-state index in [1.165, 1.54) is 10.6 Å². The van der Waals surface area contributed by atoms with Crippen LogP contribution in [-0.2, 0) is 21.2 Å². The Hall–Kier alpha value is -2.65. The summed E-state index contributed by atoms with van der Waals surface area (Å²) in [5.41, 5.74) is 1.12. The standard InChI is InChI=1S/C21H27N3O5S/c1-2-4-17-6-8-18(9-7-17)30(27,28)24-14-12-23(13-15-24)20(25)10-11-22-21(26)19-5-3-16-29-19/h3,5-9,16H,2,4,10-15H2,1H3,(H,22,26). The predicted octanol–water partition coefficient (Wildman–Crippen LogP) is 1.89. The molecule has 162 valence electrons. The first-order valence-electron chi connectivity index (χ1n) is 10.1. The number of furan rings is 1. The van der Waals surface area contributed by atoms with E-state index in [4.69, 9.17) is 4.42 Å². The van der Waals surface area contributed by atoms with Gasteiger partial charge >= 0.3 is 0 Å². The quantitative estimate of drug-likeness (QED) is 0.685. The molecule has 1 aromatic heterocycles. The van der Waals surface area contributed by atoms with Crippen LogP contribution in [0.25, 0.3) is 0 Å². The summed E-state index contributed by atoms with van der Waals surface area (Å²) in [6.07, 6.45) is 3.49. The highest BCUT2D eigenvalue weighted by atomic mass is 32.2.